The zero-order valence-electron chi connectivity index (χ0n) is 19.9. The van der Waals surface area contributed by atoms with E-state index in [-0.39, 0.29) is 11.4 Å². The maximum absolute atomic E-state index is 12.5. The second-order valence-electron chi connectivity index (χ2n) is 8.62. The summed E-state index contributed by atoms with van der Waals surface area (Å²) >= 11 is 5.76. The lowest BCUT2D eigenvalue weighted by Gasteiger charge is -2.30. The van der Waals surface area contributed by atoms with Gasteiger partial charge in [0.05, 0.1) is 12.1 Å². The molecule has 34 heavy (non-hydrogen) atoms. The summed E-state index contributed by atoms with van der Waals surface area (Å²) in [4.78, 5) is 29.7. The highest BCUT2D eigenvalue weighted by atomic mass is 35.5. The molecule has 1 aliphatic rings. The van der Waals surface area contributed by atoms with Gasteiger partial charge >= 0.3 is 0 Å². The molecule has 2 amide bonds. The van der Waals surface area contributed by atoms with Crippen molar-refractivity contribution in [1.82, 2.24) is 9.88 Å². The van der Waals surface area contributed by atoms with Gasteiger partial charge in [-0.3, -0.25) is 9.59 Å². The molecule has 9 heteroatoms. The number of pyridine rings is 1. The zero-order chi connectivity index (χ0) is 24.7. The predicted molar refractivity (Wildman–Crippen MR) is 135 cm³/mol. The first-order chi connectivity index (χ1) is 16.3. The summed E-state index contributed by atoms with van der Waals surface area (Å²) in [5, 5.41) is 6.11. The van der Waals surface area contributed by atoms with Crippen molar-refractivity contribution in [3.63, 3.8) is 0 Å². The van der Waals surface area contributed by atoms with Gasteiger partial charge in [0.25, 0.3) is 5.91 Å². The number of furan rings is 1. The Hall–Kier alpha value is -3.10. The number of aromatic nitrogens is 1. The van der Waals surface area contributed by atoms with Crippen LogP contribution in [0.2, 0.25) is 5.02 Å². The number of halogens is 1. The molecule has 0 unspecified atom stereocenters. The van der Waals surface area contributed by atoms with E-state index in [0.29, 0.717) is 34.0 Å². The SMILES string of the molecule is CC1CCC(N(C)C)CC1.COc1ccc2c(NC=O)c(C(=O)Nc3ccc(Cl)cn3)oc2c1. The Morgan fingerprint density at radius 1 is 1.21 bits per heavy atom. The highest BCUT2D eigenvalue weighted by Crippen LogP contribution is 2.33. The molecule has 0 bridgehead atoms. The number of anilines is 2. The molecular formula is C25H31ClN4O4. The molecule has 182 valence electrons. The molecule has 0 saturated heterocycles. The standard InChI is InChI=1S/C16H12ClN3O4.C9H19N/c1-23-10-3-4-11-12(6-10)24-15(14(11)19-8-21)16(22)20-13-5-2-9(17)7-18-13;1-8-4-6-9(7-5-8)10(2)3/h2-8H,1H3,(H,19,21)(H,18,20,22);8-9H,4-7H2,1-3H3. The van der Waals surface area contributed by atoms with Gasteiger partial charge in [0, 0.05) is 23.7 Å². The van der Waals surface area contributed by atoms with Gasteiger partial charge in [0.15, 0.2) is 0 Å². The number of nitrogens with one attached hydrogen (secondary N) is 2. The number of carbonyl (C=O) groups excluding carboxylic acids is 2. The number of nitrogens with zero attached hydrogens (tertiary/aromatic N) is 2. The Labute approximate surface area is 204 Å². The number of ether oxygens (including phenoxy) is 1. The van der Waals surface area contributed by atoms with Gasteiger partial charge in [-0.2, -0.15) is 0 Å². The largest absolute Gasteiger partial charge is 0.497 e. The zero-order valence-corrected chi connectivity index (χ0v) is 20.7. The van der Waals surface area contributed by atoms with E-state index in [1.54, 1.807) is 30.3 Å². The van der Waals surface area contributed by atoms with Crippen LogP contribution in [0, 0.1) is 5.92 Å². The predicted octanol–water partition coefficient (Wildman–Crippen LogP) is 5.44. The van der Waals surface area contributed by atoms with Crippen LogP contribution in [0.4, 0.5) is 11.5 Å². The van der Waals surface area contributed by atoms with Gasteiger partial charge < -0.3 is 24.7 Å². The molecule has 0 spiro atoms. The third-order valence-corrected chi connectivity index (χ3v) is 6.21. The van der Waals surface area contributed by atoms with Crippen molar-refractivity contribution in [2.24, 2.45) is 5.92 Å². The van der Waals surface area contributed by atoms with Crippen LogP contribution >= 0.6 is 11.6 Å². The monoisotopic (exact) mass is 486 g/mol. The van der Waals surface area contributed by atoms with Crippen molar-refractivity contribution in [1.29, 1.82) is 0 Å². The lowest BCUT2D eigenvalue weighted by Crippen LogP contribution is -2.31. The number of fused-ring (bicyclic) bond motifs is 1. The average molecular weight is 487 g/mol. The number of hydrogen-bond donors (Lipinski definition) is 2. The highest BCUT2D eigenvalue weighted by Gasteiger charge is 2.22. The molecule has 2 N–H and O–H groups in total. The first kappa shape index (κ1) is 25.5. The summed E-state index contributed by atoms with van der Waals surface area (Å²) in [7, 11) is 5.91. The van der Waals surface area contributed by atoms with Crippen molar-refractivity contribution in [2.75, 3.05) is 31.8 Å². The topological polar surface area (TPSA) is 96.7 Å². The maximum Gasteiger partial charge on any atom is 0.294 e. The molecule has 0 radical (unpaired) electrons. The summed E-state index contributed by atoms with van der Waals surface area (Å²) in [6.07, 6.45) is 7.57. The summed E-state index contributed by atoms with van der Waals surface area (Å²) < 4.78 is 10.7. The molecule has 1 aromatic carbocycles. The van der Waals surface area contributed by atoms with E-state index in [9.17, 15) is 9.59 Å². The van der Waals surface area contributed by atoms with Crippen molar-refractivity contribution in [3.05, 3.63) is 47.3 Å². The van der Waals surface area contributed by atoms with Gasteiger partial charge in [-0.05, 0) is 70.0 Å². The van der Waals surface area contributed by atoms with Crippen LogP contribution in [0.25, 0.3) is 11.0 Å². The second-order valence-corrected chi connectivity index (χ2v) is 9.06. The van der Waals surface area contributed by atoms with Gasteiger partial charge in [-0.1, -0.05) is 18.5 Å². The number of rotatable bonds is 6. The molecule has 3 aromatic rings. The van der Waals surface area contributed by atoms with E-state index < -0.39 is 5.91 Å². The minimum atomic E-state index is -0.552. The van der Waals surface area contributed by atoms with Gasteiger partial charge in [-0.15, -0.1) is 0 Å². The van der Waals surface area contributed by atoms with E-state index in [1.165, 1.54) is 39.0 Å². The van der Waals surface area contributed by atoms with E-state index in [0.717, 1.165) is 12.0 Å². The molecule has 1 aliphatic carbocycles. The molecular weight excluding hydrogens is 456 g/mol. The Balaban J connectivity index is 0.000000271. The minimum Gasteiger partial charge on any atom is -0.497 e. The first-order valence-corrected chi connectivity index (χ1v) is 11.6. The van der Waals surface area contributed by atoms with Crippen LogP contribution in [0.1, 0.15) is 43.2 Å². The quantitative estimate of drug-likeness (QED) is 0.450. The summed E-state index contributed by atoms with van der Waals surface area (Å²) in [6.45, 7) is 2.37. The number of amides is 2. The summed E-state index contributed by atoms with van der Waals surface area (Å²) in [6, 6.07) is 9.05. The van der Waals surface area contributed by atoms with Crippen molar-refractivity contribution >= 4 is 46.4 Å². The lowest BCUT2D eigenvalue weighted by molar-refractivity contribution is -0.105. The molecule has 8 nitrogen and oxygen atoms in total. The van der Waals surface area contributed by atoms with Crippen LogP contribution in [0.5, 0.6) is 5.75 Å². The molecule has 2 aromatic heterocycles. The fraction of sp³-hybridized carbons (Fsp3) is 0.400. The lowest BCUT2D eigenvalue weighted by atomic mass is 9.87. The fourth-order valence-electron chi connectivity index (χ4n) is 3.95. The summed E-state index contributed by atoms with van der Waals surface area (Å²) in [5.74, 6) is 1.27. The van der Waals surface area contributed by atoms with Crippen LogP contribution in [-0.4, -0.2) is 49.4 Å². The molecule has 0 aliphatic heterocycles. The van der Waals surface area contributed by atoms with Crippen LogP contribution in [0.3, 0.4) is 0 Å². The Kier molecular flexibility index (Phi) is 8.90. The summed E-state index contributed by atoms with van der Waals surface area (Å²) in [5.41, 5.74) is 0.682. The number of methoxy groups -OCH3 is 1. The molecule has 2 heterocycles. The van der Waals surface area contributed by atoms with Gasteiger partial charge in [0.1, 0.15) is 22.8 Å². The third kappa shape index (κ3) is 6.48. The maximum atomic E-state index is 12.5. The number of benzene rings is 1. The number of hydrogen-bond acceptors (Lipinski definition) is 6. The normalized spacial score (nSPS) is 17.6. The van der Waals surface area contributed by atoms with Crippen LogP contribution in [-0.2, 0) is 4.79 Å². The minimum absolute atomic E-state index is 0.0397. The molecule has 1 saturated carbocycles. The van der Waals surface area contributed by atoms with Gasteiger partial charge in [0.2, 0.25) is 12.2 Å². The van der Waals surface area contributed by atoms with E-state index >= 15 is 0 Å². The molecule has 4 rings (SSSR count). The molecule has 0 atom stereocenters. The Morgan fingerprint density at radius 3 is 2.53 bits per heavy atom. The van der Waals surface area contributed by atoms with E-state index in [4.69, 9.17) is 20.8 Å². The second kappa shape index (κ2) is 11.9. The van der Waals surface area contributed by atoms with Crippen molar-refractivity contribution < 1.29 is 18.7 Å². The van der Waals surface area contributed by atoms with E-state index in [1.807, 2.05) is 0 Å². The number of carbonyl (C=O) groups is 2. The van der Waals surface area contributed by atoms with Crippen molar-refractivity contribution in [2.45, 2.75) is 38.6 Å². The smallest absolute Gasteiger partial charge is 0.294 e. The highest BCUT2D eigenvalue weighted by molar-refractivity contribution is 6.30. The first-order valence-electron chi connectivity index (χ1n) is 11.2. The van der Waals surface area contributed by atoms with Crippen molar-refractivity contribution in [3.8, 4) is 5.75 Å². The molecule has 1 fully saturated rings. The van der Waals surface area contributed by atoms with E-state index in [2.05, 4.69) is 41.5 Å². The van der Waals surface area contributed by atoms with Crippen LogP contribution < -0.4 is 15.4 Å². The Bertz CT molecular complexity index is 1110. The van der Waals surface area contributed by atoms with Crippen LogP contribution in [0.15, 0.2) is 40.9 Å². The Morgan fingerprint density at radius 2 is 1.94 bits per heavy atom. The third-order valence-electron chi connectivity index (χ3n) is 5.99. The van der Waals surface area contributed by atoms with Gasteiger partial charge in [-0.25, -0.2) is 4.98 Å². The average Bonchev–Trinajstić information content (AvgIpc) is 3.19. The fourth-order valence-corrected chi connectivity index (χ4v) is 4.06.